The fraction of sp³-hybridized carbons (Fsp3) is 0.700. The van der Waals surface area contributed by atoms with Crippen LogP contribution in [0, 0.1) is 11.8 Å². The molecule has 2 fully saturated rings. The number of hydrogen-bond acceptors (Lipinski definition) is 3. The summed E-state index contributed by atoms with van der Waals surface area (Å²) in [4.78, 5) is 4.23. The van der Waals surface area contributed by atoms with Crippen LogP contribution in [0.2, 0.25) is 4.34 Å². The van der Waals surface area contributed by atoms with Crippen LogP contribution in [-0.4, -0.2) is 11.0 Å². The first kappa shape index (κ1) is 9.13. The van der Waals surface area contributed by atoms with E-state index in [-0.39, 0.29) is 0 Å². The molecule has 1 heterocycles. The maximum Gasteiger partial charge on any atom is 0.113 e. The molecule has 1 aromatic heterocycles. The molecule has 2 atom stereocenters. The Bertz CT molecular complexity index is 329. The monoisotopic (exact) mass is 228 g/mol. The minimum Gasteiger partial charge on any atom is -0.308 e. The average molecular weight is 229 g/mol. The van der Waals surface area contributed by atoms with Crippen molar-refractivity contribution in [3.05, 3.63) is 15.5 Å². The third kappa shape index (κ3) is 1.81. The van der Waals surface area contributed by atoms with Gasteiger partial charge in [-0.05, 0) is 31.1 Å². The third-order valence-electron chi connectivity index (χ3n) is 3.31. The highest BCUT2D eigenvalue weighted by Crippen LogP contribution is 2.51. The molecule has 0 amide bonds. The number of thiazole rings is 1. The van der Waals surface area contributed by atoms with Gasteiger partial charge in [-0.1, -0.05) is 11.6 Å². The number of halogens is 1. The summed E-state index contributed by atoms with van der Waals surface area (Å²) >= 11 is 7.39. The van der Waals surface area contributed by atoms with Crippen LogP contribution < -0.4 is 5.32 Å². The minimum atomic E-state index is 0.737. The first-order valence-electron chi connectivity index (χ1n) is 5.15. The van der Waals surface area contributed by atoms with Crippen molar-refractivity contribution in [3.63, 3.8) is 0 Å². The molecule has 3 rings (SSSR count). The molecule has 0 aliphatic heterocycles. The Balaban J connectivity index is 1.50. The third-order valence-corrected chi connectivity index (χ3v) is 4.43. The number of nitrogens with zero attached hydrogens (tertiary/aromatic N) is 1. The van der Waals surface area contributed by atoms with Gasteiger partial charge in [0.1, 0.15) is 9.34 Å². The summed E-state index contributed by atoms with van der Waals surface area (Å²) in [5.41, 5.74) is 0. The molecule has 2 aliphatic rings. The maximum absolute atomic E-state index is 5.81. The zero-order valence-electron chi connectivity index (χ0n) is 7.87. The normalized spacial score (nSPS) is 34.5. The summed E-state index contributed by atoms with van der Waals surface area (Å²) in [7, 11) is 0. The van der Waals surface area contributed by atoms with E-state index in [1.807, 2.05) is 0 Å². The van der Waals surface area contributed by atoms with Crippen molar-refractivity contribution in [2.75, 3.05) is 0 Å². The van der Waals surface area contributed by atoms with Crippen molar-refractivity contribution < 1.29 is 0 Å². The lowest BCUT2D eigenvalue weighted by Crippen LogP contribution is -2.26. The fourth-order valence-electron chi connectivity index (χ4n) is 2.48. The molecule has 0 spiro atoms. The standard InChI is InChI=1S/C10H13ClN2S/c11-9-4-13-10(14-9)5-12-8-2-6-1-7(6)3-8/h4,6-8,12H,1-3,5H2. The van der Waals surface area contributed by atoms with E-state index in [0.29, 0.717) is 0 Å². The van der Waals surface area contributed by atoms with Gasteiger partial charge in [0, 0.05) is 12.6 Å². The van der Waals surface area contributed by atoms with Gasteiger partial charge in [0.15, 0.2) is 0 Å². The lowest BCUT2D eigenvalue weighted by atomic mass is 10.1. The SMILES string of the molecule is Clc1cnc(CNC2CC3CC3C2)s1. The molecular weight excluding hydrogens is 216 g/mol. The van der Waals surface area contributed by atoms with Crippen LogP contribution in [0.25, 0.3) is 0 Å². The predicted octanol–water partition coefficient (Wildman–Crippen LogP) is 2.68. The van der Waals surface area contributed by atoms with Crippen LogP contribution in [0.3, 0.4) is 0 Å². The van der Waals surface area contributed by atoms with Crippen LogP contribution in [0.4, 0.5) is 0 Å². The van der Waals surface area contributed by atoms with Crippen molar-refractivity contribution >= 4 is 22.9 Å². The number of fused-ring (bicyclic) bond motifs is 1. The van der Waals surface area contributed by atoms with Gasteiger partial charge in [-0.15, -0.1) is 11.3 Å². The number of aromatic nitrogens is 1. The minimum absolute atomic E-state index is 0.737. The average Bonchev–Trinajstić information content (AvgIpc) is 2.63. The van der Waals surface area contributed by atoms with E-state index in [2.05, 4.69) is 10.3 Å². The molecule has 2 aliphatic carbocycles. The smallest absolute Gasteiger partial charge is 0.113 e. The van der Waals surface area contributed by atoms with Crippen LogP contribution >= 0.6 is 22.9 Å². The summed E-state index contributed by atoms with van der Waals surface area (Å²) in [5.74, 6) is 2.10. The molecule has 1 N–H and O–H groups in total. The van der Waals surface area contributed by atoms with Gasteiger partial charge in [0.2, 0.25) is 0 Å². The zero-order chi connectivity index (χ0) is 9.54. The Morgan fingerprint density at radius 2 is 2.21 bits per heavy atom. The van der Waals surface area contributed by atoms with E-state index in [9.17, 15) is 0 Å². The lowest BCUT2D eigenvalue weighted by molar-refractivity contribution is 0.480. The summed E-state index contributed by atoms with van der Waals surface area (Å²) in [6, 6.07) is 0.737. The molecule has 0 radical (unpaired) electrons. The van der Waals surface area contributed by atoms with Crippen molar-refractivity contribution in [2.24, 2.45) is 11.8 Å². The molecule has 2 nitrogen and oxygen atoms in total. The highest BCUT2D eigenvalue weighted by atomic mass is 35.5. The first-order valence-corrected chi connectivity index (χ1v) is 6.34. The van der Waals surface area contributed by atoms with E-state index in [0.717, 1.165) is 33.8 Å². The second kappa shape index (κ2) is 3.47. The van der Waals surface area contributed by atoms with Gasteiger partial charge < -0.3 is 5.32 Å². The van der Waals surface area contributed by atoms with Crippen molar-refractivity contribution in [2.45, 2.75) is 31.8 Å². The topological polar surface area (TPSA) is 24.9 Å². The largest absolute Gasteiger partial charge is 0.308 e. The lowest BCUT2D eigenvalue weighted by Gasteiger charge is -2.12. The van der Waals surface area contributed by atoms with Gasteiger partial charge in [-0.3, -0.25) is 0 Å². The molecule has 0 bridgehead atoms. The molecule has 2 unspecified atom stereocenters. The predicted molar refractivity (Wildman–Crippen MR) is 58.6 cm³/mol. The fourth-order valence-corrected chi connectivity index (χ4v) is 3.39. The number of nitrogens with one attached hydrogen (secondary N) is 1. The van der Waals surface area contributed by atoms with Crippen LogP contribution in [0.5, 0.6) is 0 Å². The molecule has 4 heteroatoms. The Kier molecular flexibility index (Phi) is 2.26. The van der Waals surface area contributed by atoms with E-state index in [1.54, 1.807) is 17.5 Å². The van der Waals surface area contributed by atoms with Crippen molar-refractivity contribution in [1.29, 1.82) is 0 Å². The summed E-state index contributed by atoms with van der Waals surface area (Å²) < 4.78 is 0.788. The molecule has 0 aromatic carbocycles. The summed E-state index contributed by atoms with van der Waals surface area (Å²) in [5, 5.41) is 4.67. The molecule has 14 heavy (non-hydrogen) atoms. The Labute approximate surface area is 92.7 Å². The molecule has 76 valence electrons. The van der Waals surface area contributed by atoms with Crippen LogP contribution in [0.15, 0.2) is 6.20 Å². The highest BCUT2D eigenvalue weighted by molar-refractivity contribution is 7.15. The van der Waals surface area contributed by atoms with Gasteiger partial charge >= 0.3 is 0 Å². The van der Waals surface area contributed by atoms with Gasteiger partial charge in [-0.2, -0.15) is 0 Å². The maximum atomic E-state index is 5.81. The second-order valence-corrected chi connectivity index (χ2v) is 6.11. The number of hydrogen-bond donors (Lipinski definition) is 1. The van der Waals surface area contributed by atoms with E-state index >= 15 is 0 Å². The Hall–Kier alpha value is -0.120. The summed E-state index contributed by atoms with van der Waals surface area (Å²) in [6.07, 6.45) is 5.98. The van der Waals surface area contributed by atoms with E-state index in [1.165, 1.54) is 19.3 Å². The van der Waals surface area contributed by atoms with Crippen molar-refractivity contribution in [1.82, 2.24) is 10.3 Å². The van der Waals surface area contributed by atoms with Gasteiger partial charge in [0.25, 0.3) is 0 Å². The Morgan fingerprint density at radius 1 is 1.43 bits per heavy atom. The molecular formula is C10H13ClN2S. The second-order valence-electron chi connectivity index (χ2n) is 4.36. The Morgan fingerprint density at radius 3 is 2.86 bits per heavy atom. The van der Waals surface area contributed by atoms with Crippen molar-refractivity contribution in [3.8, 4) is 0 Å². The quantitative estimate of drug-likeness (QED) is 0.861. The van der Waals surface area contributed by atoms with Crippen LogP contribution in [0.1, 0.15) is 24.3 Å². The highest BCUT2D eigenvalue weighted by Gasteiger charge is 2.45. The summed E-state index contributed by atoms with van der Waals surface area (Å²) in [6.45, 7) is 0.890. The van der Waals surface area contributed by atoms with Gasteiger partial charge in [-0.25, -0.2) is 4.98 Å². The molecule has 0 saturated heterocycles. The van der Waals surface area contributed by atoms with Crippen LogP contribution in [-0.2, 0) is 6.54 Å². The first-order chi connectivity index (χ1) is 6.81. The zero-order valence-corrected chi connectivity index (χ0v) is 9.44. The van der Waals surface area contributed by atoms with E-state index < -0.39 is 0 Å². The van der Waals surface area contributed by atoms with Gasteiger partial charge in [0.05, 0.1) is 6.20 Å². The van der Waals surface area contributed by atoms with E-state index in [4.69, 9.17) is 11.6 Å². The molecule has 2 saturated carbocycles. The molecule has 1 aromatic rings. The number of rotatable bonds is 3.